The molecule has 0 aliphatic carbocycles. The standard InChI is InChI=1S/C17H22ClN5O/c1-12(17(24)19-10-14-4-2-3-5-15(14)18)23-8-6-13(7-9-23)16-20-11-21-22-16/h2-5,11-13H,6-10H2,1H3,(H,19,24)(H,20,21,22). The Hall–Kier alpha value is -1.92. The van der Waals surface area contributed by atoms with E-state index in [4.69, 9.17) is 11.6 Å². The minimum absolute atomic E-state index is 0.0352. The number of nitrogens with one attached hydrogen (secondary N) is 2. The highest BCUT2D eigenvalue weighted by molar-refractivity contribution is 6.31. The fourth-order valence-electron chi connectivity index (χ4n) is 3.11. The van der Waals surface area contributed by atoms with Crippen molar-refractivity contribution in [2.24, 2.45) is 0 Å². The summed E-state index contributed by atoms with van der Waals surface area (Å²) in [5.74, 6) is 1.39. The zero-order valence-electron chi connectivity index (χ0n) is 13.7. The summed E-state index contributed by atoms with van der Waals surface area (Å²) in [6.45, 7) is 4.17. The number of benzene rings is 1. The van der Waals surface area contributed by atoms with Crippen LogP contribution in [0.3, 0.4) is 0 Å². The number of nitrogens with zero attached hydrogens (tertiary/aromatic N) is 3. The van der Waals surface area contributed by atoms with Gasteiger partial charge in [0, 0.05) is 17.5 Å². The number of carbonyl (C=O) groups is 1. The van der Waals surface area contributed by atoms with Gasteiger partial charge in [-0.3, -0.25) is 14.8 Å². The minimum atomic E-state index is -0.150. The molecule has 1 unspecified atom stereocenters. The van der Waals surface area contributed by atoms with Gasteiger partial charge in [0.1, 0.15) is 12.2 Å². The molecule has 1 atom stereocenters. The number of halogens is 1. The molecule has 2 heterocycles. The van der Waals surface area contributed by atoms with Crippen LogP contribution < -0.4 is 5.32 Å². The molecule has 6 nitrogen and oxygen atoms in total. The van der Waals surface area contributed by atoms with Crippen LogP contribution in [0.15, 0.2) is 30.6 Å². The Morgan fingerprint density at radius 2 is 2.17 bits per heavy atom. The van der Waals surface area contributed by atoms with Gasteiger partial charge < -0.3 is 5.32 Å². The van der Waals surface area contributed by atoms with Crippen LogP contribution in [-0.4, -0.2) is 45.1 Å². The van der Waals surface area contributed by atoms with Crippen LogP contribution in [0.5, 0.6) is 0 Å². The van der Waals surface area contributed by atoms with Crippen molar-refractivity contribution in [2.75, 3.05) is 13.1 Å². The lowest BCUT2D eigenvalue weighted by Gasteiger charge is -2.34. The number of hydrogen-bond donors (Lipinski definition) is 2. The molecule has 0 saturated carbocycles. The molecule has 24 heavy (non-hydrogen) atoms. The molecule has 1 fully saturated rings. The van der Waals surface area contributed by atoms with Gasteiger partial charge in [-0.2, -0.15) is 5.10 Å². The summed E-state index contributed by atoms with van der Waals surface area (Å²) in [4.78, 5) is 18.9. The molecule has 1 aromatic carbocycles. The molecule has 1 saturated heterocycles. The highest BCUT2D eigenvalue weighted by Gasteiger charge is 2.28. The zero-order chi connectivity index (χ0) is 16.9. The minimum Gasteiger partial charge on any atom is -0.351 e. The number of hydrogen-bond acceptors (Lipinski definition) is 4. The average molecular weight is 348 g/mol. The van der Waals surface area contributed by atoms with E-state index in [1.54, 1.807) is 6.33 Å². The molecule has 128 valence electrons. The summed E-state index contributed by atoms with van der Waals surface area (Å²) >= 11 is 6.13. The molecule has 0 spiro atoms. The summed E-state index contributed by atoms with van der Waals surface area (Å²) in [6, 6.07) is 7.42. The Morgan fingerprint density at radius 1 is 1.42 bits per heavy atom. The predicted molar refractivity (Wildman–Crippen MR) is 92.7 cm³/mol. The summed E-state index contributed by atoms with van der Waals surface area (Å²) in [5.41, 5.74) is 0.934. The zero-order valence-corrected chi connectivity index (χ0v) is 14.5. The first-order valence-electron chi connectivity index (χ1n) is 8.25. The maximum Gasteiger partial charge on any atom is 0.237 e. The second kappa shape index (κ2) is 7.77. The van der Waals surface area contributed by atoms with Crippen molar-refractivity contribution in [1.82, 2.24) is 25.4 Å². The third-order valence-electron chi connectivity index (χ3n) is 4.69. The number of H-pyrrole nitrogens is 1. The van der Waals surface area contributed by atoms with Gasteiger partial charge in [-0.1, -0.05) is 29.8 Å². The van der Waals surface area contributed by atoms with Crippen LogP contribution in [0.2, 0.25) is 5.02 Å². The monoisotopic (exact) mass is 347 g/mol. The van der Waals surface area contributed by atoms with E-state index in [1.807, 2.05) is 31.2 Å². The Kier molecular flexibility index (Phi) is 5.48. The van der Waals surface area contributed by atoms with Gasteiger partial charge in [0.05, 0.1) is 6.04 Å². The molecule has 2 N–H and O–H groups in total. The third kappa shape index (κ3) is 3.94. The lowest BCUT2D eigenvalue weighted by molar-refractivity contribution is -0.126. The average Bonchev–Trinajstić information content (AvgIpc) is 3.15. The molecule has 1 aromatic heterocycles. The van der Waals surface area contributed by atoms with E-state index in [9.17, 15) is 4.79 Å². The molecule has 3 rings (SSSR count). The number of aromatic nitrogens is 3. The second-order valence-electron chi connectivity index (χ2n) is 6.17. The molecule has 1 aliphatic rings. The first kappa shape index (κ1) is 16.9. The van der Waals surface area contributed by atoms with Crippen molar-refractivity contribution >= 4 is 17.5 Å². The van der Waals surface area contributed by atoms with E-state index in [-0.39, 0.29) is 11.9 Å². The maximum atomic E-state index is 12.4. The van der Waals surface area contributed by atoms with Crippen molar-refractivity contribution in [3.8, 4) is 0 Å². The largest absolute Gasteiger partial charge is 0.351 e. The van der Waals surface area contributed by atoms with E-state index >= 15 is 0 Å². The summed E-state index contributed by atoms with van der Waals surface area (Å²) in [5, 5.41) is 10.5. The van der Waals surface area contributed by atoms with E-state index in [0.717, 1.165) is 37.3 Å². The predicted octanol–water partition coefficient (Wildman–Crippen LogP) is 2.34. The molecule has 0 bridgehead atoms. The Balaban J connectivity index is 1.49. The third-order valence-corrected chi connectivity index (χ3v) is 5.06. The lowest BCUT2D eigenvalue weighted by Crippen LogP contribution is -2.47. The highest BCUT2D eigenvalue weighted by Crippen LogP contribution is 2.26. The van der Waals surface area contributed by atoms with Crippen LogP contribution in [-0.2, 0) is 11.3 Å². The summed E-state index contributed by atoms with van der Waals surface area (Å²) in [7, 11) is 0. The lowest BCUT2D eigenvalue weighted by atomic mass is 9.95. The van der Waals surface area contributed by atoms with E-state index in [1.165, 1.54) is 0 Å². The van der Waals surface area contributed by atoms with Crippen LogP contribution >= 0.6 is 11.6 Å². The number of carbonyl (C=O) groups excluding carboxylic acids is 1. The number of aromatic amines is 1. The fraction of sp³-hybridized carbons (Fsp3) is 0.471. The van der Waals surface area contributed by atoms with E-state index < -0.39 is 0 Å². The number of amides is 1. The molecule has 1 aliphatic heterocycles. The Labute approximate surface area is 146 Å². The fourth-order valence-corrected chi connectivity index (χ4v) is 3.31. The SMILES string of the molecule is CC(C(=O)NCc1ccccc1Cl)N1CCC(c2ncn[nH]2)CC1. The highest BCUT2D eigenvalue weighted by atomic mass is 35.5. The first-order valence-corrected chi connectivity index (χ1v) is 8.63. The van der Waals surface area contributed by atoms with Crippen LogP contribution in [0.1, 0.15) is 37.1 Å². The molecular formula is C17H22ClN5O. The molecular weight excluding hydrogens is 326 g/mol. The molecule has 7 heteroatoms. The first-order chi connectivity index (χ1) is 11.6. The number of rotatable bonds is 5. The Morgan fingerprint density at radius 3 is 2.83 bits per heavy atom. The van der Waals surface area contributed by atoms with Crippen LogP contribution in [0.25, 0.3) is 0 Å². The van der Waals surface area contributed by atoms with Crippen LogP contribution in [0.4, 0.5) is 0 Å². The smallest absolute Gasteiger partial charge is 0.237 e. The van der Waals surface area contributed by atoms with Gasteiger partial charge >= 0.3 is 0 Å². The number of piperidine rings is 1. The quantitative estimate of drug-likeness (QED) is 0.870. The summed E-state index contributed by atoms with van der Waals surface area (Å²) in [6.07, 6.45) is 3.52. The van der Waals surface area contributed by atoms with Crippen molar-refractivity contribution < 1.29 is 4.79 Å². The van der Waals surface area contributed by atoms with Gasteiger partial charge in [-0.05, 0) is 44.5 Å². The van der Waals surface area contributed by atoms with Gasteiger partial charge in [0.2, 0.25) is 5.91 Å². The van der Waals surface area contributed by atoms with Gasteiger partial charge in [0.25, 0.3) is 0 Å². The molecule has 0 radical (unpaired) electrons. The van der Waals surface area contributed by atoms with Gasteiger partial charge in [-0.25, -0.2) is 4.98 Å². The Bertz CT molecular complexity index is 667. The summed E-state index contributed by atoms with van der Waals surface area (Å²) < 4.78 is 0. The molecule has 2 aromatic rings. The number of likely N-dealkylation sites (tertiary alicyclic amines) is 1. The topological polar surface area (TPSA) is 73.9 Å². The van der Waals surface area contributed by atoms with Crippen molar-refractivity contribution in [3.05, 3.63) is 47.0 Å². The van der Waals surface area contributed by atoms with E-state index in [0.29, 0.717) is 17.5 Å². The van der Waals surface area contributed by atoms with Gasteiger partial charge in [0.15, 0.2) is 0 Å². The van der Waals surface area contributed by atoms with E-state index in [2.05, 4.69) is 25.4 Å². The van der Waals surface area contributed by atoms with Gasteiger partial charge in [-0.15, -0.1) is 0 Å². The van der Waals surface area contributed by atoms with Crippen LogP contribution in [0, 0.1) is 0 Å². The van der Waals surface area contributed by atoms with Crippen molar-refractivity contribution in [3.63, 3.8) is 0 Å². The maximum absolute atomic E-state index is 12.4. The van der Waals surface area contributed by atoms with Crippen molar-refractivity contribution in [2.45, 2.75) is 38.3 Å². The van der Waals surface area contributed by atoms with Crippen molar-refractivity contribution in [1.29, 1.82) is 0 Å². The molecule has 1 amide bonds. The normalized spacial score (nSPS) is 17.6. The second-order valence-corrected chi connectivity index (χ2v) is 6.57.